The van der Waals surface area contributed by atoms with Crippen molar-refractivity contribution < 1.29 is 56.2 Å². The van der Waals surface area contributed by atoms with E-state index in [1.54, 1.807) is 0 Å². The lowest BCUT2D eigenvalue weighted by Gasteiger charge is -2.41. The molecule has 1 aliphatic heterocycles. The van der Waals surface area contributed by atoms with Crippen LogP contribution in [0.4, 0.5) is 0 Å². The lowest BCUT2D eigenvalue weighted by Crippen LogP contribution is -2.60. The van der Waals surface area contributed by atoms with Crippen LogP contribution in [0.2, 0.25) is 0 Å². The van der Waals surface area contributed by atoms with Crippen molar-refractivity contribution in [3.8, 4) is 0 Å². The SMILES string of the molecule is CCC/C=C\C/C=C\CCCCCCCC(=O)OC(COCCCCCCCC/C=C\CCCC)COC1OC(CO)C(O)C(OS(=O)(=O)O)C1O. The molecule has 0 saturated carbocycles. The number of allylic oxidation sites excluding steroid dienone is 6. The molecule has 0 aromatic rings. The molecule has 52 heavy (non-hydrogen) atoms. The third kappa shape index (κ3) is 25.4. The molecule has 0 aromatic heterocycles. The number of unbranched alkanes of at least 4 members (excludes halogenated alkanes) is 14. The van der Waals surface area contributed by atoms with E-state index in [1.165, 1.54) is 38.5 Å². The van der Waals surface area contributed by atoms with E-state index >= 15 is 0 Å². The zero-order chi connectivity index (χ0) is 38.3. The average Bonchev–Trinajstić information content (AvgIpc) is 3.11. The van der Waals surface area contributed by atoms with E-state index in [4.69, 9.17) is 23.5 Å². The second-order valence-corrected chi connectivity index (χ2v) is 14.6. The topological polar surface area (TPSA) is 178 Å². The summed E-state index contributed by atoms with van der Waals surface area (Å²) >= 11 is 0. The molecule has 1 fully saturated rings. The molecule has 1 aliphatic rings. The zero-order valence-corrected chi connectivity index (χ0v) is 32.7. The summed E-state index contributed by atoms with van der Waals surface area (Å²) in [6.07, 6.45) is 24.7. The van der Waals surface area contributed by atoms with Crippen molar-refractivity contribution in [1.82, 2.24) is 0 Å². The molecule has 1 heterocycles. The Morgan fingerprint density at radius 2 is 1.31 bits per heavy atom. The fraction of sp³-hybridized carbons (Fsp3) is 0.821. The monoisotopic (exact) mass is 762 g/mol. The van der Waals surface area contributed by atoms with Crippen molar-refractivity contribution in [2.45, 2.75) is 179 Å². The van der Waals surface area contributed by atoms with Gasteiger partial charge in [0.1, 0.15) is 30.5 Å². The minimum atomic E-state index is -5.06. The Morgan fingerprint density at radius 1 is 0.731 bits per heavy atom. The van der Waals surface area contributed by atoms with E-state index in [9.17, 15) is 28.5 Å². The van der Waals surface area contributed by atoms with Crippen molar-refractivity contribution in [1.29, 1.82) is 0 Å². The average molecular weight is 763 g/mol. The van der Waals surface area contributed by atoms with Crippen molar-refractivity contribution in [2.24, 2.45) is 0 Å². The Kier molecular flexibility index (Phi) is 29.4. The molecule has 0 radical (unpaired) electrons. The largest absolute Gasteiger partial charge is 0.457 e. The number of aliphatic hydroxyl groups is 3. The van der Waals surface area contributed by atoms with Gasteiger partial charge < -0.3 is 34.3 Å². The predicted molar refractivity (Wildman–Crippen MR) is 202 cm³/mol. The second kappa shape index (κ2) is 31.6. The minimum absolute atomic E-state index is 0.0256. The van der Waals surface area contributed by atoms with Gasteiger partial charge in [-0.15, -0.1) is 0 Å². The molecular formula is C39H70O12S. The van der Waals surface area contributed by atoms with Gasteiger partial charge in [0, 0.05) is 13.0 Å². The van der Waals surface area contributed by atoms with Crippen LogP contribution in [0.1, 0.15) is 142 Å². The molecule has 6 unspecified atom stereocenters. The number of carbonyl (C=O) groups is 1. The predicted octanol–water partition coefficient (Wildman–Crippen LogP) is 7.07. The quantitative estimate of drug-likeness (QED) is 0.0232. The molecule has 0 spiro atoms. The first-order valence-electron chi connectivity index (χ1n) is 19.7. The molecule has 4 N–H and O–H groups in total. The van der Waals surface area contributed by atoms with Crippen molar-refractivity contribution in [3.05, 3.63) is 36.5 Å². The Bertz CT molecular complexity index is 1060. The first-order chi connectivity index (χ1) is 25.1. The fourth-order valence-electron chi connectivity index (χ4n) is 5.69. The molecule has 1 saturated heterocycles. The van der Waals surface area contributed by atoms with Crippen molar-refractivity contribution in [3.63, 3.8) is 0 Å². The van der Waals surface area contributed by atoms with Crippen LogP contribution in [0.25, 0.3) is 0 Å². The number of aliphatic hydroxyl groups excluding tert-OH is 3. The number of ether oxygens (including phenoxy) is 4. The van der Waals surface area contributed by atoms with E-state index in [0.717, 1.165) is 77.0 Å². The molecule has 6 atom stereocenters. The van der Waals surface area contributed by atoms with Gasteiger partial charge in [0.2, 0.25) is 0 Å². The second-order valence-electron chi connectivity index (χ2n) is 13.5. The Hall–Kier alpha value is -1.68. The summed E-state index contributed by atoms with van der Waals surface area (Å²) in [6.45, 7) is 3.83. The molecule has 13 heteroatoms. The van der Waals surface area contributed by atoms with E-state index < -0.39 is 59.8 Å². The summed E-state index contributed by atoms with van der Waals surface area (Å²) in [5, 5.41) is 30.5. The summed E-state index contributed by atoms with van der Waals surface area (Å²) < 4.78 is 58.8. The maximum absolute atomic E-state index is 12.8. The van der Waals surface area contributed by atoms with E-state index in [2.05, 4.69) is 54.5 Å². The van der Waals surface area contributed by atoms with Crippen LogP contribution < -0.4 is 0 Å². The van der Waals surface area contributed by atoms with Crippen molar-refractivity contribution in [2.75, 3.05) is 26.4 Å². The number of carbonyl (C=O) groups excluding carboxylic acids is 1. The van der Waals surface area contributed by atoms with Gasteiger partial charge in [-0.1, -0.05) is 115 Å². The molecule has 1 rings (SSSR count). The maximum Gasteiger partial charge on any atom is 0.397 e. The first kappa shape index (κ1) is 48.3. The summed E-state index contributed by atoms with van der Waals surface area (Å²) in [4.78, 5) is 12.8. The summed E-state index contributed by atoms with van der Waals surface area (Å²) in [5.74, 6) is -0.419. The smallest absolute Gasteiger partial charge is 0.397 e. The lowest BCUT2D eigenvalue weighted by atomic mass is 9.99. The van der Waals surface area contributed by atoms with Crippen LogP contribution in [0.5, 0.6) is 0 Å². The Labute approximate surface area is 313 Å². The standard InChI is InChI=1S/C39H70O12S/c1-3-5-7-9-11-13-15-17-18-20-22-24-26-28-35(41)49-33(31-47-29-27-25-23-21-19-16-14-12-10-8-6-4-2)32-48-39-37(43)38(51-52(44,45)46)36(42)34(30-40)50-39/h7,9-10,12-13,15,33-34,36-40,42-43H,3-6,8,11,14,16-32H2,1-2H3,(H,44,45,46)/b9-7-,12-10-,15-13-. The maximum atomic E-state index is 12.8. The third-order valence-electron chi connectivity index (χ3n) is 8.72. The highest BCUT2D eigenvalue weighted by atomic mass is 32.3. The number of hydrogen-bond donors (Lipinski definition) is 4. The summed E-state index contributed by atoms with van der Waals surface area (Å²) in [6, 6.07) is 0. The zero-order valence-electron chi connectivity index (χ0n) is 31.9. The highest BCUT2D eigenvalue weighted by Gasteiger charge is 2.48. The fourth-order valence-corrected chi connectivity index (χ4v) is 6.20. The van der Waals surface area contributed by atoms with Crippen LogP contribution in [-0.2, 0) is 38.3 Å². The molecule has 304 valence electrons. The number of hydrogen-bond acceptors (Lipinski definition) is 11. The summed E-state index contributed by atoms with van der Waals surface area (Å²) in [5.41, 5.74) is 0. The van der Waals surface area contributed by atoms with Gasteiger partial charge in [-0.05, 0) is 57.8 Å². The molecule has 0 amide bonds. The molecule has 0 aromatic carbocycles. The van der Waals surface area contributed by atoms with Gasteiger partial charge >= 0.3 is 16.4 Å². The molecule has 12 nitrogen and oxygen atoms in total. The number of esters is 1. The van der Waals surface area contributed by atoms with Crippen LogP contribution in [0.3, 0.4) is 0 Å². The van der Waals surface area contributed by atoms with Gasteiger partial charge in [0.05, 0.1) is 19.8 Å². The normalized spacial score (nSPS) is 21.8. The highest BCUT2D eigenvalue weighted by Crippen LogP contribution is 2.26. The van der Waals surface area contributed by atoms with Gasteiger partial charge in [-0.3, -0.25) is 9.35 Å². The van der Waals surface area contributed by atoms with E-state index in [1.807, 2.05) is 0 Å². The molecule has 0 bridgehead atoms. The van der Waals surface area contributed by atoms with Crippen LogP contribution in [0, 0.1) is 0 Å². The lowest BCUT2D eigenvalue weighted by molar-refractivity contribution is -0.301. The van der Waals surface area contributed by atoms with Gasteiger partial charge in [0.15, 0.2) is 6.29 Å². The summed E-state index contributed by atoms with van der Waals surface area (Å²) in [7, 11) is -5.06. The van der Waals surface area contributed by atoms with E-state index in [0.29, 0.717) is 13.0 Å². The van der Waals surface area contributed by atoms with Gasteiger partial charge in [-0.25, -0.2) is 4.18 Å². The third-order valence-corrected chi connectivity index (χ3v) is 9.18. The Balaban J connectivity index is 2.52. The van der Waals surface area contributed by atoms with E-state index in [-0.39, 0.29) is 19.6 Å². The number of rotatable bonds is 33. The van der Waals surface area contributed by atoms with Gasteiger partial charge in [0.25, 0.3) is 0 Å². The first-order valence-corrected chi connectivity index (χ1v) is 21.1. The van der Waals surface area contributed by atoms with Crippen molar-refractivity contribution >= 4 is 16.4 Å². The van der Waals surface area contributed by atoms with Crippen LogP contribution in [0.15, 0.2) is 36.5 Å². The highest BCUT2D eigenvalue weighted by molar-refractivity contribution is 7.80. The minimum Gasteiger partial charge on any atom is -0.457 e. The van der Waals surface area contributed by atoms with Gasteiger partial charge in [-0.2, -0.15) is 8.42 Å². The van der Waals surface area contributed by atoms with Crippen LogP contribution >= 0.6 is 0 Å². The Morgan fingerprint density at radius 3 is 1.92 bits per heavy atom. The molecule has 0 aliphatic carbocycles. The van der Waals surface area contributed by atoms with Crippen LogP contribution in [-0.4, -0.2) is 97.5 Å². The molecular weight excluding hydrogens is 692 g/mol.